The van der Waals surface area contributed by atoms with Gasteiger partial charge < -0.3 is 10.1 Å². The predicted molar refractivity (Wildman–Crippen MR) is 116 cm³/mol. The number of fused-ring (bicyclic) bond motifs is 1. The van der Waals surface area contributed by atoms with E-state index in [0.717, 1.165) is 0 Å². The highest BCUT2D eigenvalue weighted by Crippen LogP contribution is 2.32. The molecule has 4 rings (SSSR count). The van der Waals surface area contributed by atoms with Gasteiger partial charge in [0.1, 0.15) is 0 Å². The van der Waals surface area contributed by atoms with Crippen molar-refractivity contribution in [3.63, 3.8) is 0 Å². The van der Waals surface area contributed by atoms with Crippen molar-refractivity contribution in [1.82, 2.24) is 14.8 Å². The number of pyridine rings is 1. The van der Waals surface area contributed by atoms with Gasteiger partial charge in [-0.2, -0.15) is 5.10 Å². The maximum absolute atomic E-state index is 12.6. The highest BCUT2D eigenvalue weighted by molar-refractivity contribution is 7.91. The molecule has 0 radical (unpaired) electrons. The summed E-state index contributed by atoms with van der Waals surface area (Å²) in [4.78, 5) is 28.7. The van der Waals surface area contributed by atoms with E-state index in [-0.39, 0.29) is 23.5 Å². The zero-order valence-corrected chi connectivity index (χ0v) is 18.2. The molecule has 31 heavy (non-hydrogen) atoms. The summed E-state index contributed by atoms with van der Waals surface area (Å²) in [5.74, 6) is -0.651. The summed E-state index contributed by atoms with van der Waals surface area (Å²) >= 11 is 0. The summed E-state index contributed by atoms with van der Waals surface area (Å²) in [6, 6.07) is 8.38. The van der Waals surface area contributed by atoms with Gasteiger partial charge in [0.2, 0.25) is 5.91 Å². The maximum atomic E-state index is 12.6. The Labute approximate surface area is 179 Å². The number of nitrogens with zero attached hydrogens (tertiary/aromatic N) is 3. The first kappa shape index (κ1) is 21.0. The molecule has 1 aromatic carbocycles. The molecule has 0 aliphatic carbocycles. The Hall–Kier alpha value is -3.27. The van der Waals surface area contributed by atoms with Crippen LogP contribution < -0.4 is 5.32 Å². The van der Waals surface area contributed by atoms with Crippen LogP contribution in [-0.4, -0.2) is 53.7 Å². The minimum atomic E-state index is -3.13. The summed E-state index contributed by atoms with van der Waals surface area (Å²) in [6.45, 7) is 3.18. The molecule has 3 aromatic rings. The molecule has 162 valence electrons. The van der Waals surface area contributed by atoms with E-state index in [0.29, 0.717) is 45.7 Å². The van der Waals surface area contributed by atoms with E-state index in [1.807, 2.05) is 6.07 Å². The number of hydrogen-bond donors (Lipinski definition) is 1. The molecule has 1 N–H and O–H groups in total. The standard InChI is InChI=1S/C21H22N4O5S/c1-12-19-17(21(27)30-3)10-18(14-5-4-6-15(9-14)22-13(2)26)23-20(19)25(24-12)16-7-8-31(28,29)11-16/h4-6,9-10,16H,7-8,11H2,1-3H3,(H,22,26)/t16-/m0/s1. The fourth-order valence-corrected chi connectivity index (χ4v) is 5.61. The number of carbonyl (C=O) groups is 2. The Morgan fingerprint density at radius 3 is 2.68 bits per heavy atom. The molecule has 10 heteroatoms. The van der Waals surface area contributed by atoms with Crippen molar-refractivity contribution in [2.45, 2.75) is 26.3 Å². The fraction of sp³-hybridized carbons (Fsp3) is 0.333. The van der Waals surface area contributed by atoms with E-state index in [2.05, 4.69) is 10.4 Å². The van der Waals surface area contributed by atoms with Crippen molar-refractivity contribution in [3.8, 4) is 11.3 Å². The van der Waals surface area contributed by atoms with Crippen LogP contribution in [-0.2, 0) is 19.4 Å². The molecule has 2 aromatic heterocycles. The number of anilines is 1. The molecule has 1 saturated heterocycles. The average molecular weight is 442 g/mol. The van der Waals surface area contributed by atoms with E-state index >= 15 is 0 Å². The fourth-order valence-electron chi connectivity index (χ4n) is 3.91. The van der Waals surface area contributed by atoms with Gasteiger partial charge in [0.05, 0.1) is 47.0 Å². The molecular weight excluding hydrogens is 420 g/mol. The van der Waals surface area contributed by atoms with Crippen molar-refractivity contribution in [1.29, 1.82) is 0 Å². The molecule has 1 fully saturated rings. The maximum Gasteiger partial charge on any atom is 0.338 e. The summed E-state index contributed by atoms with van der Waals surface area (Å²) in [6.07, 6.45) is 0.441. The lowest BCUT2D eigenvalue weighted by molar-refractivity contribution is -0.114. The molecule has 0 spiro atoms. The second-order valence-corrected chi connectivity index (χ2v) is 9.82. The number of amides is 1. The number of methoxy groups -OCH3 is 1. The first-order valence-electron chi connectivity index (χ1n) is 9.75. The lowest BCUT2D eigenvalue weighted by Crippen LogP contribution is -2.13. The van der Waals surface area contributed by atoms with Crippen molar-refractivity contribution in [3.05, 3.63) is 41.6 Å². The van der Waals surface area contributed by atoms with Gasteiger partial charge in [-0.05, 0) is 31.5 Å². The number of benzene rings is 1. The van der Waals surface area contributed by atoms with Crippen LogP contribution in [0.2, 0.25) is 0 Å². The lowest BCUT2D eigenvalue weighted by Gasteiger charge is -2.12. The van der Waals surface area contributed by atoms with Gasteiger partial charge >= 0.3 is 5.97 Å². The van der Waals surface area contributed by atoms with E-state index in [1.54, 1.807) is 35.9 Å². The summed E-state index contributed by atoms with van der Waals surface area (Å²) in [5, 5.41) is 7.80. The van der Waals surface area contributed by atoms with Crippen LogP contribution in [0.3, 0.4) is 0 Å². The molecule has 9 nitrogen and oxygen atoms in total. The third kappa shape index (κ3) is 4.02. The van der Waals surface area contributed by atoms with E-state index in [4.69, 9.17) is 9.72 Å². The number of hydrogen-bond acceptors (Lipinski definition) is 7. The van der Waals surface area contributed by atoms with Gasteiger partial charge in [0.25, 0.3) is 0 Å². The molecule has 1 aliphatic heterocycles. The number of rotatable bonds is 4. The second kappa shape index (κ2) is 7.77. The van der Waals surface area contributed by atoms with Crippen LogP contribution in [0.4, 0.5) is 5.69 Å². The molecule has 1 amide bonds. The van der Waals surface area contributed by atoms with Crippen LogP contribution >= 0.6 is 0 Å². The average Bonchev–Trinajstić information content (AvgIpc) is 3.25. The zero-order valence-electron chi connectivity index (χ0n) is 17.4. The molecule has 0 unspecified atom stereocenters. The van der Waals surface area contributed by atoms with Crippen LogP contribution in [0.15, 0.2) is 30.3 Å². The summed E-state index contributed by atoms with van der Waals surface area (Å²) in [7, 11) is -1.83. The first-order chi connectivity index (χ1) is 14.7. The monoisotopic (exact) mass is 442 g/mol. The number of ether oxygens (including phenoxy) is 1. The van der Waals surface area contributed by atoms with Crippen molar-refractivity contribution in [2.24, 2.45) is 0 Å². The lowest BCUT2D eigenvalue weighted by atomic mass is 10.0. The van der Waals surface area contributed by atoms with E-state index in [9.17, 15) is 18.0 Å². The van der Waals surface area contributed by atoms with Gasteiger partial charge in [-0.25, -0.2) is 22.9 Å². The Balaban J connectivity index is 1.92. The third-order valence-corrected chi connectivity index (χ3v) is 7.03. The minimum absolute atomic E-state index is 0.0132. The molecular formula is C21H22N4O5S. The van der Waals surface area contributed by atoms with Gasteiger partial charge in [-0.1, -0.05) is 12.1 Å². The first-order valence-corrected chi connectivity index (χ1v) is 11.6. The molecule has 1 atom stereocenters. The summed E-state index contributed by atoms with van der Waals surface area (Å²) < 4.78 is 30.6. The minimum Gasteiger partial charge on any atom is -0.465 e. The highest BCUT2D eigenvalue weighted by Gasteiger charge is 2.32. The van der Waals surface area contributed by atoms with Crippen LogP contribution in [0, 0.1) is 6.92 Å². The predicted octanol–water partition coefficient (Wildman–Crippen LogP) is 2.51. The molecule has 0 saturated carbocycles. The number of carbonyl (C=O) groups excluding carboxylic acids is 2. The normalized spacial score (nSPS) is 17.6. The van der Waals surface area contributed by atoms with E-state index < -0.39 is 15.8 Å². The van der Waals surface area contributed by atoms with Gasteiger partial charge in [-0.15, -0.1) is 0 Å². The van der Waals surface area contributed by atoms with E-state index in [1.165, 1.54) is 14.0 Å². The van der Waals surface area contributed by atoms with Crippen LogP contribution in [0.1, 0.15) is 35.4 Å². The summed E-state index contributed by atoms with van der Waals surface area (Å²) in [5.41, 5.74) is 3.08. The largest absolute Gasteiger partial charge is 0.465 e. The van der Waals surface area contributed by atoms with Crippen molar-refractivity contribution in [2.75, 3.05) is 23.9 Å². The van der Waals surface area contributed by atoms with Crippen molar-refractivity contribution >= 4 is 38.4 Å². The zero-order chi connectivity index (χ0) is 22.3. The Kier molecular flexibility index (Phi) is 5.26. The van der Waals surface area contributed by atoms with Gasteiger partial charge in [0.15, 0.2) is 15.5 Å². The Morgan fingerprint density at radius 2 is 2.03 bits per heavy atom. The second-order valence-electron chi connectivity index (χ2n) is 7.59. The molecule has 0 bridgehead atoms. The highest BCUT2D eigenvalue weighted by atomic mass is 32.2. The smallest absolute Gasteiger partial charge is 0.338 e. The molecule has 3 heterocycles. The van der Waals surface area contributed by atoms with Crippen LogP contribution in [0.5, 0.6) is 0 Å². The van der Waals surface area contributed by atoms with Crippen LogP contribution in [0.25, 0.3) is 22.3 Å². The third-order valence-electron chi connectivity index (χ3n) is 5.28. The van der Waals surface area contributed by atoms with Gasteiger partial charge in [-0.3, -0.25) is 4.79 Å². The Morgan fingerprint density at radius 1 is 1.26 bits per heavy atom. The number of esters is 1. The Bertz CT molecular complexity index is 1310. The van der Waals surface area contributed by atoms with Gasteiger partial charge in [0, 0.05) is 18.2 Å². The molecule has 1 aliphatic rings. The number of sulfone groups is 1. The number of aryl methyl sites for hydroxylation is 1. The number of nitrogens with one attached hydrogen (secondary N) is 1. The number of aromatic nitrogens is 3. The SMILES string of the molecule is COC(=O)c1cc(-c2cccc(NC(C)=O)c2)nc2c1c(C)nn2[C@H]1CCS(=O)(=O)C1. The quantitative estimate of drug-likeness (QED) is 0.616. The van der Waals surface area contributed by atoms with Crippen molar-refractivity contribution < 1.29 is 22.7 Å². The topological polar surface area (TPSA) is 120 Å².